The molecule has 0 amide bonds. The Balaban J connectivity index is 2.27. The van der Waals surface area contributed by atoms with Crippen molar-refractivity contribution in [3.8, 4) is 0 Å². The number of benzene rings is 1. The molecule has 1 fully saturated rings. The fraction of sp³-hybridized carbons (Fsp3) is 0.333. The molecule has 64 valence electrons. The minimum absolute atomic E-state index is 0.119. The van der Waals surface area contributed by atoms with Crippen LogP contribution in [0, 0.1) is 9.39 Å². The van der Waals surface area contributed by atoms with Gasteiger partial charge in [0.25, 0.3) is 0 Å². The van der Waals surface area contributed by atoms with E-state index in [9.17, 15) is 4.39 Å². The second-order valence-corrected chi connectivity index (χ2v) is 4.19. The summed E-state index contributed by atoms with van der Waals surface area (Å²) in [5.41, 5.74) is 1.25. The zero-order valence-corrected chi connectivity index (χ0v) is 8.64. The van der Waals surface area contributed by atoms with Crippen LogP contribution in [0.1, 0.15) is 11.5 Å². The van der Waals surface area contributed by atoms with Gasteiger partial charge in [-0.25, -0.2) is 4.39 Å². The summed E-state index contributed by atoms with van der Waals surface area (Å²) in [5, 5.41) is 3.20. The Morgan fingerprint density at radius 2 is 2.17 bits per heavy atom. The van der Waals surface area contributed by atoms with Crippen LogP contribution >= 0.6 is 22.6 Å². The molecule has 12 heavy (non-hydrogen) atoms. The molecule has 1 aliphatic rings. The summed E-state index contributed by atoms with van der Waals surface area (Å²) in [6, 6.07) is 5.36. The zero-order chi connectivity index (χ0) is 8.55. The highest BCUT2D eigenvalue weighted by molar-refractivity contribution is 14.1. The van der Waals surface area contributed by atoms with E-state index in [0.717, 1.165) is 16.7 Å². The fourth-order valence-electron chi connectivity index (χ4n) is 1.29. The standard InChI is InChI=1S/C9H9FIN/c10-8-2-1-6(3-9(8)11)7-4-12-5-7/h1-3,7,12H,4-5H2. The van der Waals surface area contributed by atoms with Crippen LogP contribution in [0.2, 0.25) is 0 Å². The van der Waals surface area contributed by atoms with Crippen molar-refractivity contribution in [1.82, 2.24) is 5.32 Å². The van der Waals surface area contributed by atoms with Gasteiger partial charge in [-0.2, -0.15) is 0 Å². The minimum atomic E-state index is -0.119. The Labute approximate surface area is 84.5 Å². The predicted molar refractivity (Wildman–Crippen MR) is 54.7 cm³/mol. The maximum atomic E-state index is 12.9. The molecule has 3 heteroatoms. The van der Waals surface area contributed by atoms with Crippen LogP contribution in [0.15, 0.2) is 18.2 Å². The summed E-state index contributed by atoms with van der Waals surface area (Å²) in [6.07, 6.45) is 0. The molecule has 0 atom stereocenters. The normalized spacial score (nSPS) is 17.5. The highest BCUT2D eigenvalue weighted by Gasteiger charge is 2.19. The van der Waals surface area contributed by atoms with Gasteiger partial charge in [0.15, 0.2) is 0 Å². The average Bonchev–Trinajstić information content (AvgIpc) is 1.93. The average molecular weight is 277 g/mol. The molecule has 0 unspecified atom stereocenters. The smallest absolute Gasteiger partial charge is 0.136 e. The van der Waals surface area contributed by atoms with Crippen molar-refractivity contribution in [3.05, 3.63) is 33.1 Å². The Morgan fingerprint density at radius 1 is 1.42 bits per heavy atom. The van der Waals surface area contributed by atoms with Crippen LogP contribution in [0.25, 0.3) is 0 Å². The molecule has 1 aromatic carbocycles. The number of rotatable bonds is 1. The van der Waals surface area contributed by atoms with Gasteiger partial charge in [-0.15, -0.1) is 0 Å². The molecule has 0 bridgehead atoms. The summed E-state index contributed by atoms with van der Waals surface area (Å²) < 4.78 is 13.6. The van der Waals surface area contributed by atoms with Gasteiger partial charge in [0.1, 0.15) is 5.82 Å². The second kappa shape index (κ2) is 3.30. The van der Waals surface area contributed by atoms with Crippen molar-refractivity contribution >= 4 is 22.6 Å². The topological polar surface area (TPSA) is 12.0 Å². The van der Waals surface area contributed by atoms with Crippen molar-refractivity contribution in [1.29, 1.82) is 0 Å². The van der Waals surface area contributed by atoms with Crippen LogP contribution in [0.3, 0.4) is 0 Å². The van der Waals surface area contributed by atoms with Gasteiger partial charge in [0.05, 0.1) is 0 Å². The lowest BCUT2D eigenvalue weighted by Gasteiger charge is -2.27. The maximum absolute atomic E-state index is 12.9. The predicted octanol–water partition coefficient (Wildman–Crippen LogP) is 2.12. The van der Waals surface area contributed by atoms with Crippen molar-refractivity contribution in [2.45, 2.75) is 5.92 Å². The molecule has 0 radical (unpaired) electrons. The molecule has 1 saturated heterocycles. The van der Waals surface area contributed by atoms with E-state index in [1.807, 2.05) is 34.7 Å². The Kier molecular flexibility index (Phi) is 2.32. The molecule has 1 aromatic rings. The van der Waals surface area contributed by atoms with E-state index in [2.05, 4.69) is 5.32 Å². The zero-order valence-electron chi connectivity index (χ0n) is 6.48. The van der Waals surface area contributed by atoms with Crippen LogP contribution < -0.4 is 5.32 Å². The Bertz CT molecular complexity index is 297. The molecular weight excluding hydrogens is 268 g/mol. The van der Waals surface area contributed by atoms with Gasteiger partial charge in [0.2, 0.25) is 0 Å². The van der Waals surface area contributed by atoms with E-state index in [1.165, 1.54) is 5.56 Å². The number of hydrogen-bond donors (Lipinski definition) is 1. The lowest BCUT2D eigenvalue weighted by Crippen LogP contribution is -2.39. The lowest BCUT2D eigenvalue weighted by atomic mass is 9.94. The first-order chi connectivity index (χ1) is 5.77. The van der Waals surface area contributed by atoms with Crippen molar-refractivity contribution < 1.29 is 4.39 Å². The van der Waals surface area contributed by atoms with Crippen LogP contribution in [-0.2, 0) is 0 Å². The summed E-state index contributed by atoms with van der Waals surface area (Å²) in [6.45, 7) is 2.06. The van der Waals surface area contributed by atoms with Crippen LogP contribution in [0.5, 0.6) is 0 Å². The minimum Gasteiger partial charge on any atom is -0.315 e. The fourth-order valence-corrected chi connectivity index (χ4v) is 1.83. The highest BCUT2D eigenvalue weighted by Crippen LogP contribution is 2.22. The molecule has 0 aliphatic carbocycles. The van der Waals surface area contributed by atoms with E-state index in [-0.39, 0.29) is 5.82 Å². The van der Waals surface area contributed by atoms with E-state index in [4.69, 9.17) is 0 Å². The van der Waals surface area contributed by atoms with Gasteiger partial charge >= 0.3 is 0 Å². The second-order valence-electron chi connectivity index (χ2n) is 3.03. The molecule has 0 spiro atoms. The number of nitrogens with one attached hydrogen (secondary N) is 1. The van der Waals surface area contributed by atoms with Gasteiger partial charge in [-0.1, -0.05) is 6.07 Å². The highest BCUT2D eigenvalue weighted by atomic mass is 127. The SMILES string of the molecule is Fc1ccc(C2CNC2)cc1I. The summed E-state index contributed by atoms with van der Waals surface area (Å²) in [7, 11) is 0. The summed E-state index contributed by atoms with van der Waals surface area (Å²) in [5.74, 6) is 0.478. The van der Waals surface area contributed by atoms with E-state index >= 15 is 0 Å². The third kappa shape index (κ3) is 1.47. The van der Waals surface area contributed by atoms with Gasteiger partial charge in [0, 0.05) is 22.6 Å². The molecule has 1 heterocycles. The number of hydrogen-bond acceptors (Lipinski definition) is 1. The monoisotopic (exact) mass is 277 g/mol. The maximum Gasteiger partial charge on any atom is 0.136 e. The molecule has 0 saturated carbocycles. The lowest BCUT2D eigenvalue weighted by molar-refractivity contribution is 0.447. The third-order valence-corrected chi connectivity index (χ3v) is 3.02. The van der Waals surface area contributed by atoms with Crippen LogP contribution in [0.4, 0.5) is 4.39 Å². The first kappa shape index (κ1) is 8.44. The molecule has 1 aliphatic heterocycles. The Morgan fingerprint density at radius 3 is 2.67 bits per heavy atom. The molecule has 1 nitrogen and oxygen atoms in total. The van der Waals surface area contributed by atoms with Gasteiger partial charge in [-0.3, -0.25) is 0 Å². The largest absolute Gasteiger partial charge is 0.315 e. The van der Waals surface area contributed by atoms with Crippen molar-refractivity contribution in [2.24, 2.45) is 0 Å². The first-order valence-corrected chi connectivity index (χ1v) is 5.01. The van der Waals surface area contributed by atoms with E-state index in [1.54, 1.807) is 6.07 Å². The summed E-state index contributed by atoms with van der Waals surface area (Å²) in [4.78, 5) is 0. The molecule has 2 rings (SSSR count). The molecule has 1 N–H and O–H groups in total. The van der Waals surface area contributed by atoms with E-state index in [0.29, 0.717) is 5.92 Å². The van der Waals surface area contributed by atoms with Gasteiger partial charge in [-0.05, 0) is 40.3 Å². The van der Waals surface area contributed by atoms with E-state index < -0.39 is 0 Å². The van der Waals surface area contributed by atoms with Crippen LogP contribution in [-0.4, -0.2) is 13.1 Å². The van der Waals surface area contributed by atoms with Crippen molar-refractivity contribution in [2.75, 3.05) is 13.1 Å². The third-order valence-electron chi connectivity index (χ3n) is 2.20. The summed E-state index contributed by atoms with van der Waals surface area (Å²) >= 11 is 2.03. The quantitative estimate of drug-likeness (QED) is 0.775. The molecule has 0 aromatic heterocycles. The first-order valence-electron chi connectivity index (χ1n) is 3.93. The number of halogens is 2. The molecular formula is C9H9FIN. The van der Waals surface area contributed by atoms with Gasteiger partial charge < -0.3 is 5.32 Å². The Hall–Kier alpha value is -0.160. The van der Waals surface area contributed by atoms with Crippen molar-refractivity contribution in [3.63, 3.8) is 0 Å².